The molecule has 0 radical (unpaired) electrons. The van der Waals surface area contributed by atoms with Crippen molar-refractivity contribution in [3.8, 4) is 0 Å². The van der Waals surface area contributed by atoms with Gasteiger partial charge in [-0.25, -0.2) is 13.1 Å². The number of rotatable bonds is 4. The van der Waals surface area contributed by atoms with E-state index in [0.717, 1.165) is 16.3 Å². The molecule has 3 N–H and O–H groups in total. The molecule has 0 aliphatic heterocycles. The highest BCUT2D eigenvalue weighted by molar-refractivity contribution is 7.89. The zero-order chi connectivity index (χ0) is 15.6. The number of nitrogens with one attached hydrogen (secondary N) is 1. The summed E-state index contributed by atoms with van der Waals surface area (Å²) in [5.41, 5.74) is 7.44. The molecular formula is C17H16N2O2S. The van der Waals surface area contributed by atoms with Crippen LogP contribution in [0.15, 0.2) is 71.6 Å². The van der Waals surface area contributed by atoms with Crippen molar-refractivity contribution in [3.63, 3.8) is 0 Å². The second-order valence-electron chi connectivity index (χ2n) is 5.04. The van der Waals surface area contributed by atoms with E-state index >= 15 is 0 Å². The Morgan fingerprint density at radius 2 is 1.68 bits per heavy atom. The van der Waals surface area contributed by atoms with Crippen LogP contribution in [0.1, 0.15) is 5.56 Å². The zero-order valence-corrected chi connectivity index (χ0v) is 12.7. The van der Waals surface area contributed by atoms with Crippen LogP contribution < -0.4 is 10.5 Å². The molecule has 0 aliphatic carbocycles. The molecule has 0 bridgehead atoms. The number of sulfonamides is 1. The van der Waals surface area contributed by atoms with Crippen LogP contribution in [0.4, 0.5) is 5.69 Å². The lowest BCUT2D eigenvalue weighted by Crippen LogP contribution is -2.23. The van der Waals surface area contributed by atoms with Gasteiger partial charge in [-0.05, 0) is 29.1 Å². The van der Waals surface area contributed by atoms with Gasteiger partial charge >= 0.3 is 0 Å². The average molecular weight is 312 g/mol. The molecule has 0 amide bonds. The minimum atomic E-state index is -3.55. The fourth-order valence-corrected chi connectivity index (χ4v) is 3.36. The molecule has 22 heavy (non-hydrogen) atoms. The Kier molecular flexibility index (Phi) is 3.83. The van der Waals surface area contributed by atoms with E-state index in [1.807, 2.05) is 42.5 Å². The summed E-state index contributed by atoms with van der Waals surface area (Å²) in [6.07, 6.45) is 0. The van der Waals surface area contributed by atoms with Gasteiger partial charge in [-0.15, -0.1) is 0 Å². The molecule has 3 aromatic carbocycles. The first kappa shape index (κ1) is 14.6. The largest absolute Gasteiger partial charge is 0.398 e. The third kappa shape index (κ3) is 2.95. The predicted molar refractivity (Wildman–Crippen MR) is 88.8 cm³/mol. The predicted octanol–water partition coefficient (Wildman–Crippen LogP) is 2.90. The van der Waals surface area contributed by atoms with Crippen molar-refractivity contribution in [2.24, 2.45) is 0 Å². The maximum Gasteiger partial charge on any atom is 0.240 e. The Labute approximate surface area is 129 Å². The van der Waals surface area contributed by atoms with Gasteiger partial charge in [0.1, 0.15) is 0 Å². The van der Waals surface area contributed by atoms with Gasteiger partial charge in [0, 0.05) is 17.6 Å². The summed E-state index contributed by atoms with van der Waals surface area (Å²) in [4.78, 5) is 0.238. The molecule has 4 nitrogen and oxygen atoms in total. The topological polar surface area (TPSA) is 72.2 Å². The minimum absolute atomic E-state index is 0.238. The van der Waals surface area contributed by atoms with Gasteiger partial charge in [0.2, 0.25) is 10.0 Å². The van der Waals surface area contributed by atoms with Crippen molar-refractivity contribution in [1.82, 2.24) is 4.72 Å². The number of hydrogen-bond acceptors (Lipinski definition) is 3. The van der Waals surface area contributed by atoms with Gasteiger partial charge in [-0.1, -0.05) is 48.5 Å². The van der Waals surface area contributed by atoms with Gasteiger partial charge in [-0.3, -0.25) is 0 Å². The molecule has 3 aromatic rings. The van der Waals surface area contributed by atoms with E-state index in [4.69, 9.17) is 5.73 Å². The van der Waals surface area contributed by atoms with Crippen molar-refractivity contribution in [1.29, 1.82) is 0 Å². The molecule has 0 aliphatic rings. The molecule has 0 saturated carbocycles. The SMILES string of the molecule is Nc1cccc2cc(S(=O)(=O)NCc3ccccc3)ccc12. The Morgan fingerprint density at radius 3 is 2.45 bits per heavy atom. The molecule has 5 heteroatoms. The summed E-state index contributed by atoms with van der Waals surface area (Å²) in [5, 5.41) is 1.66. The zero-order valence-electron chi connectivity index (χ0n) is 11.9. The lowest BCUT2D eigenvalue weighted by Gasteiger charge is -2.09. The second kappa shape index (κ2) is 5.79. The first-order valence-corrected chi connectivity index (χ1v) is 8.36. The van der Waals surface area contributed by atoms with E-state index in [1.54, 1.807) is 24.3 Å². The Morgan fingerprint density at radius 1 is 0.909 bits per heavy atom. The van der Waals surface area contributed by atoms with Gasteiger partial charge in [-0.2, -0.15) is 0 Å². The molecule has 3 rings (SSSR count). The van der Waals surface area contributed by atoms with Crippen molar-refractivity contribution >= 4 is 26.5 Å². The normalized spacial score (nSPS) is 11.6. The highest BCUT2D eigenvalue weighted by Crippen LogP contribution is 2.23. The van der Waals surface area contributed by atoms with Crippen LogP contribution in [0.25, 0.3) is 10.8 Å². The van der Waals surface area contributed by atoms with E-state index in [9.17, 15) is 8.42 Å². The molecule has 0 unspecified atom stereocenters. The van der Waals surface area contributed by atoms with Crippen LogP contribution >= 0.6 is 0 Å². The van der Waals surface area contributed by atoms with Gasteiger partial charge in [0.25, 0.3) is 0 Å². The standard InChI is InChI=1S/C17H16N2O2S/c18-17-8-4-7-14-11-15(9-10-16(14)17)22(20,21)19-12-13-5-2-1-3-6-13/h1-11,19H,12,18H2. The fourth-order valence-electron chi connectivity index (χ4n) is 2.31. The fraction of sp³-hybridized carbons (Fsp3) is 0.0588. The molecule has 0 fully saturated rings. The molecule has 0 heterocycles. The Bertz CT molecular complexity index is 906. The first-order valence-electron chi connectivity index (χ1n) is 6.88. The van der Waals surface area contributed by atoms with Crippen LogP contribution in [0, 0.1) is 0 Å². The van der Waals surface area contributed by atoms with E-state index in [1.165, 1.54) is 0 Å². The number of benzene rings is 3. The lowest BCUT2D eigenvalue weighted by molar-refractivity contribution is 0.581. The van der Waals surface area contributed by atoms with E-state index in [0.29, 0.717) is 5.69 Å². The molecule has 0 spiro atoms. The third-order valence-electron chi connectivity index (χ3n) is 3.51. The van der Waals surface area contributed by atoms with Crippen molar-refractivity contribution in [2.75, 3.05) is 5.73 Å². The smallest absolute Gasteiger partial charge is 0.240 e. The summed E-state index contributed by atoms with van der Waals surface area (Å²) in [6, 6.07) is 19.8. The van der Waals surface area contributed by atoms with Crippen LogP contribution in [0.5, 0.6) is 0 Å². The number of fused-ring (bicyclic) bond motifs is 1. The number of nitrogens with two attached hydrogens (primary N) is 1. The maximum absolute atomic E-state index is 12.4. The highest BCUT2D eigenvalue weighted by Gasteiger charge is 2.14. The molecular weight excluding hydrogens is 296 g/mol. The molecule has 0 atom stereocenters. The average Bonchev–Trinajstić information content (AvgIpc) is 2.54. The van der Waals surface area contributed by atoms with E-state index < -0.39 is 10.0 Å². The first-order chi connectivity index (χ1) is 10.6. The van der Waals surface area contributed by atoms with Crippen LogP contribution in [0.2, 0.25) is 0 Å². The summed E-state index contributed by atoms with van der Waals surface area (Å²) < 4.78 is 27.4. The van der Waals surface area contributed by atoms with Crippen LogP contribution in [-0.4, -0.2) is 8.42 Å². The quantitative estimate of drug-likeness (QED) is 0.728. The number of hydrogen-bond donors (Lipinski definition) is 2. The van der Waals surface area contributed by atoms with Crippen LogP contribution in [0.3, 0.4) is 0 Å². The van der Waals surface area contributed by atoms with Crippen molar-refractivity contribution < 1.29 is 8.42 Å². The summed E-state index contributed by atoms with van der Waals surface area (Å²) in [5.74, 6) is 0. The Hall–Kier alpha value is -2.37. The highest BCUT2D eigenvalue weighted by atomic mass is 32.2. The minimum Gasteiger partial charge on any atom is -0.398 e. The monoisotopic (exact) mass is 312 g/mol. The summed E-state index contributed by atoms with van der Waals surface area (Å²) in [7, 11) is -3.55. The molecule has 0 saturated heterocycles. The Balaban J connectivity index is 1.89. The van der Waals surface area contributed by atoms with Gasteiger partial charge in [0.05, 0.1) is 4.90 Å². The van der Waals surface area contributed by atoms with E-state index in [-0.39, 0.29) is 11.4 Å². The second-order valence-corrected chi connectivity index (χ2v) is 6.81. The number of anilines is 1. The van der Waals surface area contributed by atoms with Gasteiger partial charge in [0.15, 0.2) is 0 Å². The van der Waals surface area contributed by atoms with Crippen molar-refractivity contribution in [2.45, 2.75) is 11.4 Å². The van der Waals surface area contributed by atoms with Crippen LogP contribution in [-0.2, 0) is 16.6 Å². The lowest BCUT2D eigenvalue weighted by atomic mass is 10.1. The summed E-state index contributed by atoms with van der Waals surface area (Å²) in [6.45, 7) is 0.262. The molecule has 112 valence electrons. The number of nitrogen functional groups attached to an aromatic ring is 1. The molecule has 0 aromatic heterocycles. The van der Waals surface area contributed by atoms with E-state index in [2.05, 4.69) is 4.72 Å². The summed E-state index contributed by atoms with van der Waals surface area (Å²) >= 11 is 0. The third-order valence-corrected chi connectivity index (χ3v) is 4.90. The maximum atomic E-state index is 12.4. The van der Waals surface area contributed by atoms with Crippen molar-refractivity contribution in [3.05, 3.63) is 72.3 Å². The van der Waals surface area contributed by atoms with Gasteiger partial charge < -0.3 is 5.73 Å².